The van der Waals surface area contributed by atoms with Crippen LogP contribution in [0.5, 0.6) is 11.5 Å². The van der Waals surface area contributed by atoms with Gasteiger partial charge in [-0.05, 0) is 54.7 Å². The Morgan fingerprint density at radius 1 is 1.06 bits per heavy atom. The normalized spacial score (nSPS) is 14.9. The summed E-state index contributed by atoms with van der Waals surface area (Å²) in [6.45, 7) is 5.47. The van der Waals surface area contributed by atoms with Gasteiger partial charge in [-0.15, -0.1) is 0 Å². The van der Waals surface area contributed by atoms with Gasteiger partial charge in [-0.3, -0.25) is 4.79 Å². The third-order valence-electron chi connectivity index (χ3n) is 5.52. The first-order valence-electron chi connectivity index (χ1n) is 11.0. The van der Waals surface area contributed by atoms with Crippen LogP contribution >= 0.6 is 0 Å². The van der Waals surface area contributed by atoms with Crippen LogP contribution in [0.1, 0.15) is 51.0 Å². The quantitative estimate of drug-likeness (QED) is 0.600. The molecule has 7 nitrogen and oxygen atoms in total. The fraction of sp³-hybridized carbons (Fsp3) is 0.458. The van der Waals surface area contributed by atoms with E-state index in [-0.39, 0.29) is 29.6 Å². The van der Waals surface area contributed by atoms with Gasteiger partial charge in [0.25, 0.3) is 0 Å². The first-order chi connectivity index (χ1) is 15.3. The highest BCUT2D eigenvalue weighted by Gasteiger charge is 2.29. The first kappa shape index (κ1) is 24.1. The van der Waals surface area contributed by atoms with Crippen LogP contribution < -0.4 is 14.8 Å². The number of nitrogens with zero attached hydrogens (tertiary/aromatic N) is 1. The molecule has 0 saturated carbocycles. The molecule has 2 aromatic rings. The monoisotopic (exact) mass is 460 g/mol. The number of carbonyl (C=O) groups excluding carboxylic acids is 1. The molecule has 1 N–H and O–H groups in total. The Hall–Kier alpha value is -2.58. The predicted octanol–water partition coefficient (Wildman–Crippen LogP) is 4.40. The highest BCUT2D eigenvalue weighted by Crippen LogP contribution is 2.31. The van der Waals surface area contributed by atoms with Crippen molar-refractivity contribution in [3.63, 3.8) is 0 Å². The molecule has 0 atom stereocenters. The second-order valence-corrected chi connectivity index (χ2v) is 10.1. The van der Waals surface area contributed by atoms with E-state index < -0.39 is 10.0 Å². The van der Waals surface area contributed by atoms with Crippen molar-refractivity contribution >= 4 is 21.6 Å². The standard InChI is InChI=1S/C24H32N2O5S/c1-18(2)19-7-10-21(11-8-19)31-16-13-24(27)25-20-9-12-22(30-3)23(17-20)32(28,29)26-14-5-4-6-15-26/h7-12,17-18H,4-6,13-16H2,1-3H3,(H,25,27). The number of methoxy groups -OCH3 is 1. The number of carbonyl (C=O) groups is 1. The SMILES string of the molecule is COc1ccc(NC(=O)CCOc2ccc(C(C)C)cc2)cc1S(=O)(=O)N1CCCCC1. The Labute approximate surface area is 190 Å². The molecule has 0 spiro atoms. The van der Waals surface area contributed by atoms with Crippen molar-refractivity contribution in [1.29, 1.82) is 0 Å². The fourth-order valence-electron chi connectivity index (χ4n) is 3.63. The van der Waals surface area contributed by atoms with Gasteiger partial charge in [0.15, 0.2) is 0 Å². The number of anilines is 1. The Morgan fingerprint density at radius 3 is 2.38 bits per heavy atom. The molecule has 1 heterocycles. The van der Waals surface area contributed by atoms with Crippen LogP contribution in [0.25, 0.3) is 0 Å². The molecular formula is C24H32N2O5S. The molecule has 0 radical (unpaired) electrons. The zero-order valence-corrected chi connectivity index (χ0v) is 19.8. The van der Waals surface area contributed by atoms with Crippen LogP contribution in [0.4, 0.5) is 5.69 Å². The summed E-state index contributed by atoms with van der Waals surface area (Å²) < 4.78 is 38.7. The van der Waals surface area contributed by atoms with E-state index in [1.807, 2.05) is 24.3 Å². The molecule has 1 amide bonds. The van der Waals surface area contributed by atoms with Crippen LogP contribution in [0.3, 0.4) is 0 Å². The van der Waals surface area contributed by atoms with Crippen molar-refractivity contribution in [3.05, 3.63) is 48.0 Å². The highest BCUT2D eigenvalue weighted by molar-refractivity contribution is 7.89. The van der Waals surface area contributed by atoms with E-state index in [4.69, 9.17) is 9.47 Å². The third-order valence-corrected chi connectivity index (χ3v) is 7.44. The summed E-state index contributed by atoms with van der Waals surface area (Å²) in [6, 6.07) is 12.5. The lowest BCUT2D eigenvalue weighted by Gasteiger charge is -2.26. The average Bonchev–Trinajstić information content (AvgIpc) is 2.80. The lowest BCUT2D eigenvalue weighted by Crippen LogP contribution is -2.35. The number of nitrogens with one attached hydrogen (secondary N) is 1. The second-order valence-electron chi connectivity index (χ2n) is 8.20. The van der Waals surface area contributed by atoms with Gasteiger partial charge in [0, 0.05) is 18.8 Å². The number of rotatable bonds is 9. The molecule has 1 aliphatic rings. The molecule has 2 aromatic carbocycles. The molecule has 1 saturated heterocycles. The Kier molecular flexibility index (Phi) is 8.15. The molecule has 32 heavy (non-hydrogen) atoms. The van der Waals surface area contributed by atoms with Gasteiger partial charge >= 0.3 is 0 Å². The number of ether oxygens (including phenoxy) is 2. The predicted molar refractivity (Wildman–Crippen MR) is 125 cm³/mol. The molecule has 1 fully saturated rings. The van der Waals surface area contributed by atoms with E-state index in [0.717, 1.165) is 19.3 Å². The summed E-state index contributed by atoms with van der Waals surface area (Å²) in [7, 11) is -2.26. The van der Waals surface area contributed by atoms with Gasteiger partial charge in [-0.25, -0.2) is 8.42 Å². The second kappa shape index (κ2) is 10.8. The minimum Gasteiger partial charge on any atom is -0.495 e. The number of hydrogen-bond donors (Lipinski definition) is 1. The number of hydrogen-bond acceptors (Lipinski definition) is 5. The van der Waals surface area contributed by atoms with Gasteiger partial charge in [0.05, 0.1) is 20.1 Å². The van der Waals surface area contributed by atoms with Gasteiger partial charge in [0.2, 0.25) is 15.9 Å². The van der Waals surface area contributed by atoms with Crippen molar-refractivity contribution in [1.82, 2.24) is 4.31 Å². The Balaban J connectivity index is 1.61. The average molecular weight is 461 g/mol. The van der Waals surface area contributed by atoms with E-state index in [9.17, 15) is 13.2 Å². The highest BCUT2D eigenvalue weighted by atomic mass is 32.2. The van der Waals surface area contributed by atoms with E-state index in [1.54, 1.807) is 12.1 Å². The van der Waals surface area contributed by atoms with E-state index in [0.29, 0.717) is 30.4 Å². The lowest BCUT2D eigenvalue weighted by molar-refractivity contribution is -0.116. The van der Waals surface area contributed by atoms with Crippen molar-refractivity contribution in [2.75, 3.05) is 32.1 Å². The maximum absolute atomic E-state index is 13.1. The fourth-order valence-corrected chi connectivity index (χ4v) is 5.33. The molecular weight excluding hydrogens is 428 g/mol. The summed E-state index contributed by atoms with van der Waals surface area (Å²) in [5, 5.41) is 2.76. The molecule has 3 rings (SSSR count). The summed E-state index contributed by atoms with van der Waals surface area (Å²) in [6.07, 6.45) is 2.87. The first-order valence-corrected chi connectivity index (χ1v) is 12.5. The van der Waals surface area contributed by atoms with Crippen LogP contribution in [-0.2, 0) is 14.8 Å². The van der Waals surface area contributed by atoms with Crippen molar-refractivity contribution in [3.8, 4) is 11.5 Å². The molecule has 0 aliphatic carbocycles. The smallest absolute Gasteiger partial charge is 0.246 e. The van der Waals surface area contributed by atoms with Gasteiger partial charge in [0.1, 0.15) is 16.4 Å². The lowest BCUT2D eigenvalue weighted by atomic mass is 10.0. The maximum Gasteiger partial charge on any atom is 0.246 e. The van der Waals surface area contributed by atoms with E-state index >= 15 is 0 Å². The van der Waals surface area contributed by atoms with Crippen molar-refractivity contribution in [2.45, 2.75) is 50.3 Å². The Morgan fingerprint density at radius 2 is 1.75 bits per heavy atom. The minimum absolute atomic E-state index is 0.0705. The molecule has 8 heteroatoms. The molecule has 0 bridgehead atoms. The summed E-state index contributed by atoms with van der Waals surface area (Å²) in [5.74, 6) is 1.17. The number of benzene rings is 2. The Bertz CT molecular complexity index is 1010. The number of amides is 1. The van der Waals surface area contributed by atoms with Crippen LogP contribution in [0.15, 0.2) is 47.4 Å². The van der Waals surface area contributed by atoms with Crippen molar-refractivity contribution in [2.24, 2.45) is 0 Å². The summed E-state index contributed by atoms with van der Waals surface area (Å²) in [4.78, 5) is 12.5. The number of piperidine rings is 1. The van der Waals surface area contributed by atoms with Crippen LogP contribution in [-0.4, -0.2) is 45.4 Å². The number of sulfonamides is 1. The third kappa shape index (κ3) is 6.01. The van der Waals surface area contributed by atoms with Crippen LogP contribution in [0.2, 0.25) is 0 Å². The van der Waals surface area contributed by atoms with Gasteiger partial charge in [-0.2, -0.15) is 4.31 Å². The largest absolute Gasteiger partial charge is 0.495 e. The molecule has 0 aromatic heterocycles. The minimum atomic E-state index is -3.69. The molecule has 1 aliphatic heterocycles. The van der Waals surface area contributed by atoms with Gasteiger partial charge < -0.3 is 14.8 Å². The van der Waals surface area contributed by atoms with E-state index in [1.165, 1.54) is 23.0 Å². The topological polar surface area (TPSA) is 84.9 Å². The zero-order valence-electron chi connectivity index (χ0n) is 19.0. The summed E-state index contributed by atoms with van der Waals surface area (Å²) in [5.41, 5.74) is 1.64. The summed E-state index contributed by atoms with van der Waals surface area (Å²) >= 11 is 0. The molecule has 174 valence electrons. The van der Waals surface area contributed by atoms with Gasteiger partial charge in [-0.1, -0.05) is 32.4 Å². The van der Waals surface area contributed by atoms with Crippen molar-refractivity contribution < 1.29 is 22.7 Å². The molecule has 0 unspecified atom stereocenters. The maximum atomic E-state index is 13.1. The van der Waals surface area contributed by atoms with E-state index in [2.05, 4.69) is 19.2 Å². The zero-order chi connectivity index (χ0) is 23.1. The van der Waals surface area contributed by atoms with Crippen LogP contribution in [0, 0.1) is 0 Å².